The van der Waals surface area contributed by atoms with Crippen LogP contribution in [0, 0.1) is 17.8 Å². The van der Waals surface area contributed by atoms with Gasteiger partial charge in [0.15, 0.2) is 0 Å². The first-order valence-electron chi connectivity index (χ1n) is 7.93. The minimum atomic E-state index is -0.737. The van der Waals surface area contributed by atoms with Crippen LogP contribution in [-0.4, -0.2) is 35.0 Å². The van der Waals surface area contributed by atoms with Crippen LogP contribution in [0.15, 0.2) is 0 Å². The second kappa shape index (κ2) is 8.28. The molecule has 1 saturated heterocycles. The molecule has 0 aromatic carbocycles. The number of likely N-dealkylation sites (tertiary alicyclic amines) is 1. The van der Waals surface area contributed by atoms with Crippen molar-refractivity contribution in [3.63, 3.8) is 0 Å². The SMILES string of the molecule is CCC(CC(=O)N1CCCC(CCC(=O)O)C1)C(C)C. The number of carboxylic acids is 1. The highest BCUT2D eigenvalue weighted by atomic mass is 16.4. The van der Waals surface area contributed by atoms with E-state index < -0.39 is 5.97 Å². The molecule has 1 heterocycles. The van der Waals surface area contributed by atoms with E-state index >= 15 is 0 Å². The van der Waals surface area contributed by atoms with E-state index in [1.54, 1.807) is 0 Å². The van der Waals surface area contributed by atoms with Gasteiger partial charge < -0.3 is 10.0 Å². The molecule has 4 nitrogen and oxygen atoms in total. The number of amides is 1. The van der Waals surface area contributed by atoms with E-state index in [2.05, 4.69) is 20.8 Å². The Bertz CT molecular complexity index is 328. The van der Waals surface area contributed by atoms with Crippen LogP contribution in [0.1, 0.15) is 59.3 Å². The average molecular weight is 283 g/mol. The summed E-state index contributed by atoms with van der Waals surface area (Å²) in [5, 5.41) is 8.75. The van der Waals surface area contributed by atoms with Crippen LogP contribution in [0.5, 0.6) is 0 Å². The second-order valence-corrected chi connectivity index (χ2v) is 6.40. The number of nitrogens with zero attached hydrogens (tertiary/aromatic N) is 1. The summed E-state index contributed by atoms with van der Waals surface area (Å²) in [6.07, 6.45) is 4.66. The highest BCUT2D eigenvalue weighted by Crippen LogP contribution is 2.24. The fourth-order valence-electron chi connectivity index (χ4n) is 3.06. The van der Waals surface area contributed by atoms with Crippen LogP contribution in [0.25, 0.3) is 0 Å². The number of hydrogen-bond donors (Lipinski definition) is 1. The van der Waals surface area contributed by atoms with Crippen molar-refractivity contribution in [3.05, 3.63) is 0 Å². The quantitative estimate of drug-likeness (QED) is 0.780. The lowest BCUT2D eigenvalue weighted by Gasteiger charge is -2.34. The fourth-order valence-corrected chi connectivity index (χ4v) is 3.06. The molecule has 2 unspecified atom stereocenters. The van der Waals surface area contributed by atoms with E-state index in [1.807, 2.05) is 4.90 Å². The minimum absolute atomic E-state index is 0.219. The zero-order valence-electron chi connectivity index (χ0n) is 13.1. The maximum absolute atomic E-state index is 12.4. The minimum Gasteiger partial charge on any atom is -0.481 e. The summed E-state index contributed by atoms with van der Waals surface area (Å²) in [7, 11) is 0. The van der Waals surface area contributed by atoms with Crippen molar-refractivity contribution in [2.24, 2.45) is 17.8 Å². The van der Waals surface area contributed by atoms with Gasteiger partial charge in [-0.2, -0.15) is 0 Å². The molecule has 1 rings (SSSR count). The van der Waals surface area contributed by atoms with Crippen LogP contribution in [0.4, 0.5) is 0 Å². The molecule has 0 saturated carbocycles. The van der Waals surface area contributed by atoms with Crippen molar-refractivity contribution in [1.82, 2.24) is 4.90 Å². The number of carbonyl (C=O) groups excluding carboxylic acids is 1. The van der Waals surface area contributed by atoms with Gasteiger partial charge in [0.1, 0.15) is 0 Å². The van der Waals surface area contributed by atoms with E-state index in [4.69, 9.17) is 5.11 Å². The maximum Gasteiger partial charge on any atom is 0.303 e. The van der Waals surface area contributed by atoms with Crippen molar-refractivity contribution in [1.29, 1.82) is 0 Å². The molecule has 20 heavy (non-hydrogen) atoms. The van der Waals surface area contributed by atoms with Gasteiger partial charge in [-0.05, 0) is 37.0 Å². The highest BCUT2D eigenvalue weighted by Gasteiger charge is 2.26. The Balaban J connectivity index is 2.45. The third-order valence-electron chi connectivity index (χ3n) is 4.54. The smallest absolute Gasteiger partial charge is 0.303 e. The first kappa shape index (κ1) is 17.0. The van der Waals surface area contributed by atoms with Crippen molar-refractivity contribution in [2.75, 3.05) is 13.1 Å². The Labute approximate surface area is 122 Å². The normalized spacial score (nSPS) is 21.0. The zero-order chi connectivity index (χ0) is 15.1. The molecular formula is C16H29NO3. The van der Waals surface area contributed by atoms with Crippen LogP contribution in [0.2, 0.25) is 0 Å². The predicted molar refractivity (Wildman–Crippen MR) is 79.4 cm³/mol. The standard InChI is InChI=1S/C16H29NO3/c1-4-14(12(2)3)10-15(18)17-9-5-6-13(11-17)7-8-16(19)20/h12-14H,4-11H2,1-3H3,(H,19,20). The third kappa shape index (κ3) is 5.51. The molecule has 0 radical (unpaired) electrons. The second-order valence-electron chi connectivity index (χ2n) is 6.40. The van der Waals surface area contributed by atoms with Gasteiger partial charge in [0, 0.05) is 25.9 Å². The summed E-state index contributed by atoms with van der Waals surface area (Å²) in [6.45, 7) is 8.09. The van der Waals surface area contributed by atoms with Crippen molar-refractivity contribution < 1.29 is 14.7 Å². The first-order chi connectivity index (χ1) is 9.43. The van der Waals surface area contributed by atoms with Crippen LogP contribution < -0.4 is 0 Å². The molecular weight excluding hydrogens is 254 g/mol. The number of rotatable bonds is 7. The zero-order valence-corrected chi connectivity index (χ0v) is 13.1. The Hall–Kier alpha value is -1.06. The summed E-state index contributed by atoms with van der Waals surface area (Å²) in [5.41, 5.74) is 0. The molecule has 1 amide bonds. The average Bonchev–Trinajstić information content (AvgIpc) is 2.42. The molecule has 1 fully saturated rings. The maximum atomic E-state index is 12.4. The number of carbonyl (C=O) groups is 2. The van der Waals surface area contributed by atoms with Gasteiger partial charge in [0.25, 0.3) is 0 Å². The van der Waals surface area contributed by atoms with Gasteiger partial charge in [0.05, 0.1) is 0 Å². The van der Waals surface area contributed by atoms with Gasteiger partial charge in [-0.1, -0.05) is 27.2 Å². The first-order valence-corrected chi connectivity index (χ1v) is 7.93. The Morgan fingerprint density at radius 3 is 2.60 bits per heavy atom. The largest absolute Gasteiger partial charge is 0.481 e. The topological polar surface area (TPSA) is 57.6 Å². The van der Waals surface area contributed by atoms with Gasteiger partial charge in [-0.15, -0.1) is 0 Å². The summed E-state index contributed by atoms with van der Waals surface area (Å²) in [6, 6.07) is 0. The predicted octanol–water partition coefficient (Wildman–Crippen LogP) is 3.16. The molecule has 0 bridgehead atoms. The lowest BCUT2D eigenvalue weighted by Crippen LogP contribution is -2.41. The Kier molecular flexibility index (Phi) is 7.03. The summed E-state index contributed by atoms with van der Waals surface area (Å²) >= 11 is 0. The summed E-state index contributed by atoms with van der Waals surface area (Å²) in [4.78, 5) is 25.0. The number of piperidine rings is 1. The van der Waals surface area contributed by atoms with Crippen molar-refractivity contribution >= 4 is 11.9 Å². The van der Waals surface area contributed by atoms with E-state index in [0.29, 0.717) is 30.6 Å². The van der Waals surface area contributed by atoms with E-state index in [1.165, 1.54) is 0 Å². The van der Waals surface area contributed by atoms with Gasteiger partial charge in [-0.25, -0.2) is 0 Å². The fraction of sp³-hybridized carbons (Fsp3) is 0.875. The van der Waals surface area contributed by atoms with Crippen LogP contribution in [-0.2, 0) is 9.59 Å². The van der Waals surface area contributed by atoms with E-state index in [0.717, 1.165) is 32.4 Å². The van der Waals surface area contributed by atoms with Crippen LogP contribution in [0.3, 0.4) is 0 Å². The molecule has 0 aliphatic carbocycles. The molecule has 0 aromatic heterocycles. The summed E-state index contributed by atoms with van der Waals surface area (Å²) < 4.78 is 0. The molecule has 0 aromatic rings. The highest BCUT2D eigenvalue weighted by molar-refractivity contribution is 5.76. The molecule has 116 valence electrons. The van der Waals surface area contributed by atoms with Crippen LogP contribution >= 0.6 is 0 Å². The molecule has 0 spiro atoms. The lowest BCUT2D eigenvalue weighted by molar-refractivity contribution is -0.137. The Morgan fingerprint density at radius 2 is 2.05 bits per heavy atom. The van der Waals surface area contributed by atoms with Crippen molar-refractivity contribution in [3.8, 4) is 0 Å². The van der Waals surface area contributed by atoms with Gasteiger partial charge >= 0.3 is 5.97 Å². The monoisotopic (exact) mass is 283 g/mol. The Morgan fingerprint density at radius 1 is 1.35 bits per heavy atom. The number of carboxylic acid groups (broad SMARTS) is 1. The molecule has 1 aliphatic rings. The number of aliphatic carboxylic acids is 1. The van der Waals surface area contributed by atoms with Crippen molar-refractivity contribution in [2.45, 2.75) is 59.3 Å². The summed E-state index contributed by atoms with van der Waals surface area (Å²) in [5.74, 6) is 0.881. The van der Waals surface area contributed by atoms with Gasteiger partial charge in [-0.3, -0.25) is 9.59 Å². The molecule has 1 aliphatic heterocycles. The van der Waals surface area contributed by atoms with E-state index in [9.17, 15) is 9.59 Å². The lowest BCUT2D eigenvalue weighted by atomic mass is 9.88. The molecule has 4 heteroatoms. The van der Waals surface area contributed by atoms with E-state index in [-0.39, 0.29) is 12.3 Å². The molecule has 2 atom stereocenters. The number of hydrogen-bond acceptors (Lipinski definition) is 2. The third-order valence-corrected chi connectivity index (χ3v) is 4.54. The molecule has 1 N–H and O–H groups in total. The van der Waals surface area contributed by atoms with Gasteiger partial charge in [0.2, 0.25) is 5.91 Å².